The summed E-state index contributed by atoms with van der Waals surface area (Å²) in [6, 6.07) is 1.01. The van der Waals surface area contributed by atoms with E-state index in [1.54, 1.807) is 0 Å². The van der Waals surface area contributed by atoms with Crippen molar-refractivity contribution in [1.29, 1.82) is 0 Å². The van der Waals surface area contributed by atoms with E-state index in [9.17, 15) is 19.8 Å². The number of amides is 1. The fourth-order valence-corrected chi connectivity index (χ4v) is 4.39. The van der Waals surface area contributed by atoms with Gasteiger partial charge >= 0.3 is 5.97 Å². The molecule has 0 spiro atoms. The zero-order valence-electron chi connectivity index (χ0n) is 11.9. The molecule has 1 aliphatic carbocycles. The van der Waals surface area contributed by atoms with Crippen LogP contribution in [0.25, 0.3) is 0 Å². The average molecular weight is 309 g/mol. The van der Waals surface area contributed by atoms with Gasteiger partial charge in [0.05, 0.1) is 11.0 Å². The predicted molar refractivity (Wildman–Crippen MR) is 78.6 cm³/mol. The van der Waals surface area contributed by atoms with Crippen molar-refractivity contribution in [2.24, 2.45) is 5.92 Å². The Morgan fingerprint density at radius 3 is 2.90 bits per heavy atom. The van der Waals surface area contributed by atoms with E-state index in [2.05, 4.69) is 6.92 Å². The van der Waals surface area contributed by atoms with Crippen LogP contribution in [-0.2, 0) is 17.6 Å². The molecular weight excluding hydrogens is 290 g/mol. The summed E-state index contributed by atoms with van der Waals surface area (Å²) in [5.74, 6) is -0.670. The molecule has 5 nitrogen and oxygen atoms in total. The number of hydrogen-bond acceptors (Lipinski definition) is 4. The van der Waals surface area contributed by atoms with Crippen molar-refractivity contribution in [3.63, 3.8) is 0 Å². The summed E-state index contributed by atoms with van der Waals surface area (Å²) in [5, 5.41) is 18.9. The largest absolute Gasteiger partial charge is 0.480 e. The van der Waals surface area contributed by atoms with E-state index in [1.807, 2.05) is 6.07 Å². The Labute approximate surface area is 127 Å². The van der Waals surface area contributed by atoms with Gasteiger partial charge in [0.15, 0.2) is 0 Å². The predicted octanol–water partition coefficient (Wildman–Crippen LogP) is 1.53. The Bertz CT molecular complexity index is 582. The molecule has 1 aromatic rings. The van der Waals surface area contributed by atoms with Crippen LogP contribution in [0.1, 0.15) is 39.9 Å². The molecule has 21 heavy (non-hydrogen) atoms. The minimum absolute atomic E-state index is 0.106. The highest BCUT2D eigenvalue weighted by atomic mass is 32.1. The van der Waals surface area contributed by atoms with Crippen LogP contribution in [0.3, 0.4) is 0 Å². The lowest BCUT2D eigenvalue weighted by atomic mass is 9.90. The Morgan fingerprint density at radius 2 is 2.19 bits per heavy atom. The van der Waals surface area contributed by atoms with E-state index in [0.717, 1.165) is 19.3 Å². The van der Waals surface area contributed by atoms with E-state index < -0.39 is 18.1 Å². The van der Waals surface area contributed by atoms with Gasteiger partial charge in [-0.3, -0.25) is 4.79 Å². The maximum absolute atomic E-state index is 12.6. The number of carboxylic acids is 1. The van der Waals surface area contributed by atoms with Crippen molar-refractivity contribution in [1.82, 2.24) is 4.90 Å². The van der Waals surface area contributed by atoms with E-state index in [4.69, 9.17) is 0 Å². The Morgan fingerprint density at radius 1 is 1.43 bits per heavy atom. The number of β-amino-alcohol motifs (C(OH)–C–C–N with tert-alkyl or cyclic N) is 1. The molecule has 0 radical (unpaired) electrons. The topological polar surface area (TPSA) is 77.8 Å². The number of carboxylic acid groups (broad SMARTS) is 1. The second kappa shape index (κ2) is 5.42. The van der Waals surface area contributed by atoms with Gasteiger partial charge in [-0.25, -0.2) is 4.79 Å². The first-order valence-electron chi connectivity index (χ1n) is 7.29. The van der Waals surface area contributed by atoms with Gasteiger partial charge in [-0.2, -0.15) is 0 Å². The molecule has 114 valence electrons. The van der Waals surface area contributed by atoms with Gasteiger partial charge in [0.25, 0.3) is 5.91 Å². The first kappa shape index (κ1) is 14.5. The van der Waals surface area contributed by atoms with E-state index in [1.165, 1.54) is 26.7 Å². The summed E-state index contributed by atoms with van der Waals surface area (Å²) < 4.78 is 0. The first-order chi connectivity index (χ1) is 9.95. The monoisotopic (exact) mass is 309 g/mol. The molecule has 0 bridgehead atoms. The second-order valence-electron chi connectivity index (χ2n) is 6.11. The van der Waals surface area contributed by atoms with Crippen molar-refractivity contribution in [2.45, 2.75) is 44.8 Å². The number of aliphatic hydroxyl groups is 1. The van der Waals surface area contributed by atoms with Gasteiger partial charge < -0.3 is 15.1 Å². The number of aliphatic hydroxyl groups excluding tert-OH is 1. The lowest BCUT2D eigenvalue weighted by Crippen LogP contribution is -2.40. The van der Waals surface area contributed by atoms with Crippen LogP contribution in [0.4, 0.5) is 0 Å². The molecule has 2 aliphatic rings. The Hall–Kier alpha value is -1.40. The van der Waals surface area contributed by atoms with Gasteiger partial charge in [0.2, 0.25) is 0 Å². The van der Waals surface area contributed by atoms with Crippen LogP contribution in [0, 0.1) is 5.92 Å². The zero-order chi connectivity index (χ0) is 15.1. The van der Waals surface area contributed by atoms with Crippen LogP contribution in [-0.4, -0.2) is 45.7 Å². The number of nitrogens with zero attached hydrogens (tertiary/aromatic N) is 1. The minimum Gasteiger partial charge on any atom is -0.480 e. The van der Waals surface area contributed by atoms with Gasteiger partial charge in [-0.05, 0) is 36.8 Å². The Balaban J connectivity index is 1.83. The molecular formula is C15H19NO4S. The van der Waals surface area contributed by atoms with Crippen LogP contribution in [0.5, 0.6) is 0 Å². The molecule has 1 aliphatic heterocycles. The zero-order valence-corrected chi connectivity index (χ0v) is 12.7. The van der Waals surface area contributed by atoms with Crippen molar-refractivity contribution in [2.75, 3.05) is 6.54 Å². The number of carbonyl (C=O) groups excluding carboxylic acids is 1. The summed E-state index contributed by atoms with van der Waals surface area (Å²) in [6.45, 7) is 2.31. The number of hydrogen-bond donors (Lipinski definition) is 2. The summed E-state index contributed by atoms with van der Waals surface area (Å²) in [7, 11) is 0. The lowest BCUT2D eigenvalue weighted by molar-refractivity contribution is -0.141. The van der Waals surface area contributed by atoms with Crippen LogP contribution in [0.15, 0.2) is 6.07 Å². The van der Waals surface area contributed by atoms with Crippen LogP contribution >= 0.6 is 11.3 Å². The van der Waals surface area contributed by atoms with Crippen molar-refractivity contribution in [3.8, 4) is 0 Å². The highest BCUT2D eigenvalue weighted by Gasteiger charge is 2.40. The number of likely N-dealkylation sites (tertiary alicyclic amines) is 1. The molecule has 2 unspecified atom stereocenters. The fourth-order valence-electron chi connectivity index (χ4n) is 3.23. The molecule has 6 heteroatoms. The number of aryl methyl sites for hydroxylation is 1. The number of thiophene rings is 1. The molecule has 2 N–H and O–H groups in total. The standard InChI is InChI=1S/C15H19NO4S/c1-8-2-3-12-9(4-8)5-13(21-12)14(18)16-7-10(17)6-11(16)15(19)20/h5,8,10-11,17H,2-4,6-7H2,1H3,(H,19,20)/t8?,10?,11-/m0/s1. The number of carbonyl (C=O) groups is 2. The highest BCUT2D eigenvalue weighted by molar-refractivity contribution is 7.14. The molecule has 2 heterocycles. The highest BCUT2D eigenvalue weighted by Crippen LogP contribution is 2.33. The smallest absolute Gasteiger partial charge is 0.326 e. The van der Waals surface area contributed by atoms with Crippen molar-refractivity contribution < 1.29 is 19.8 Å². The summed E-state index contributed by atoms with van der Waals surface area (Å²) in [6.07, 6.45) is 2.50. The molecule has 1 fully saturated rings. The second-order valence-corrected chi connectivity index (χ2v) is 7.24. The molecule has 1 aromatic heterocycles. The summed E-state index contributed by atoms with van der Waals surface area (Å²) in [4.78, 5) is 27.0. The quantitative estimate of drug-likeness (QED) is 0.868. The fraction of sp³-hybridized carbons (Fsp3) is 0.600. The SMILES string of the molecule is CC1CCc2sc(C(=O)N3CC(O)C[C@H]3C(=O)O)cc2C1. The Kier molecular flexibility index (Phi) is 3.75. The summed E-state index contributed by atoms with van der Waals surface area (Å²) >= 11 is 1.48. The third-order valence-electron chi connectivity index (χ3n) is 4.36. The molecule has 0 saturated carbocycles. The number of fused-ring (bicyclic) bond motifs is 1. The van der Waals surface area contributed by atoms with Crippen LogP contribution < -0.4 is 0 Å². The molecule has 1 saturated heterocycles. The number of aliphatic carboxylic acids is 1. The van der Waals surface area contributed by atoms with Gasteiger partial charge in [0, 0.05) is 17.8 Å². The third-order valence-corrected chi connectivity index (χ3v) is 5.59. The van der Waals surface area contributed by atoms with Crippen molar-refractivity contribution >= 4 is 23.2 Å². The van der Waals surface area contributed by atoms with E-state index in [0.29, 0.717) is 10.8 Å². The molecule has 1 amide bonds. The minimum atomic E-state index is -1.05. The van der Waals surface area contributed by atoms with Gasteiger partial charge in [-0.1, -0.05) is 6.92 Å². The molecule has 3 rings (SSSR count). The molecule has 0 aromatic carbocycles. The van der Waals surface area contributed by atoms with E-state index >= 15 is 0 Å². The third kappa shape index (κ3) is 2.70. The van der Waals surface area contributed by atoms with Gasteiger partial charge in [-0.15, -0.1) is 11.3 Å². The van der Waals surface area contributed by atoms with Crippen LogP contribution in [0.2, 0.25) is 0 Å². The molecule has 3 atom stereocenters. The summed E-state index contributed by atoms with van der Waals surface area (Å²) in [5.41, 5.74) is 1.23. The first-order valence-corrected chi connectivity index (χ1v) is 8.10. The maximum atomic E-state index is 12.6. The van der Waals surface area contributed by atoms with Crippen molar-refractivity contribution in [3.05, 3.63) is 21.4 Å². The lowest BCUT2D eigenvalue weighted by Gasteiger charge is -2.20. The normalized spacial score (nSPS) is 28.5. The van der Waals surface area contributed by atoms with Gasteiger partial charge in [0.1, 0.15) is 6.04 Å². The maximum Gasteiger partial charge on any atom is 0.326 e. The number of rotatable bonds is 2. The van der Waals surface area contributed by atoms with E-state index in [-0.39, 0.29) is 18.9 Å². The average Bonchev–Trinajstić information content (AvgIpc) is 3.00.